The number of Topliss-reactive ketones (excluding diaryl/α,β-unsaturated/α-hetero) is 1. The van der Waals surface area contributed by atoms with Crippen LogP contribution in [0.3, 0.4) is 0 Å². The number of pyridine rings is 1. The summed E-state index contributed by atoms with van der Waals surface area (Å²) in [6, 6.07) is 10.7. The lowest BCUT2D eigenvalue weighted by molar-refractivity contribution is -0.274. The lowest BCUT2D eigenvalue weighted by Crippen LogP contribution is -2.31. The van der Waals surface area contributed by atoms with Crippen molar-refractivity contribution in [3.05, 3.63) is 111 Å². The molecule has 42 heavy (non-hydrogen) atoms. The molecule has 5 rings (SSSR count). The van der Waals surface area contributed by atoms with Crippen LogP contribution in [0.1, 0.15) is 33.1 Å². The molecule has 218 valence electrons. The van der Waals surface area contributed by atoms with E-state index >= 15 is 4.39 Å². The molecule has 0 saturated carbocycles. The number of hydrogen-bond donors (Lipinski definition) is 0. The summed E-state index contributed by atoms with van der Waals surface area (Å²) in [5, 5.41) is 0.280. The number of thioether (sulfide) groups is 1. The molecule has 3 aromatic carbocycles. The molecule has 0 spiro atoms. The smallest absolute Gasteiger partial charge is 0.494 e. The first-order valence-electron chi connectivity index (χ1n) is 12.5. The molecule has 1 atom stereocenters. The summed E-state index contributed by atoms with van der Waals surface area (Å²) in [7, 11) is 1.26. The second-order valence-corrected chi connectivity index (χ2v) is 10.4. The van der Waals surface area contributed by atoms with Crippen LogP contribution in [-0.2, 0) is 6.42 Å². The van der Waals surface area contributed by atoms with Crippen molar-refractivity contribution >= 4 is 17.5 Å². The highest BCUT2D eigenvalue weighted by Crippen LogP contribution is 2.42. The minimum absolute atomic E-state index is 0.00580. The number of fused-ring (bicyclic) bond motifs is 1. The number of ether oxygens (including phenoxy) is 2. The molecule has 5 nitrogen and oxygen atoms in total. The summed E-state index contributed by atoms with van der Waals surface area (Å²) >= 11 is 1.12. The topological polar surface area (TPSA) is 57.5 Å². The molecule has 0 bridgehead atoms. The Morgan fingerprint density at radius 1 is 0.976 bits per heavy atom. The highest BCUT2D eigenvalue weighted by molar-refractivity contribution is 7.99. The molecule has 0 saturated heterocycles. The maximum Gasteiger partial charge on any atom is 0.573 e. The van der Waals surface area contributed by atoms with Crippen LogP contribution >= 0.6 is 11.8 Å². The quantitative estimate of drug-likeness (QED) is 0.164. The van der Waals surface area contributed by atoms with Crippen LogP contribution < -0.4 is 15.0 Å². The molecule has 0 aliphatic carbocycles. The Kier molecular flexibility index (Phi) is 7.84. The number of aromatic nitrogens is 1. The maximum atomic E-state index is 15.5. The molecular weight excluding hydrogens is 584 g/mol. The van der Waals surface area contributed by atoms with Crippen LogP contribution in [0.5, 0.6) is 11.5 Å². The van der Waals surface area contributed by atoms with Crippen molar-refractivity contribution in [3.63, 3.8) is 0 Å². The Morgan fingerprint density at radius 2 is 1.62 bits per heavy atom. The molecule has 4 aromatic rings. The Balaban J connectivity index is 1.68. The predicted octanol–water partition coefficient (Wildman–Crippen LogP) is 7.27. The fourth-order valence-corrected chi connectivity index (χ4v) is 6.34. The summed E-state index contributed by atoms with van der Waals surface area (Å²) in [4.78, 5) is 27.6. The third-order valence-electron chi connectivity index (χ3n) is 6.97. The Morgan fingerprint density at radius 3 is 2.24 bits per heavy atom. The minimum atomic E-state index is -4.92. The molecule has 1 aliphatic heterocycles. The first kappa shape index (κ1) is 29.3. The van der Waals surface area contributed by atoms with Gasteiger partial charge >= 0.3 is 6.36 Å². The van der Waals surface area contributed by atoms with Gasteiger partial charge in [-0.05, 0) is 60.5 Å². The largest absolute Gasteiger partial charge is 0.573 e. The SMILES string of the molecule is COc1cccc(-c2c(C)c(Cc3c(F)cccc3F)c3n(c2=O)C(C(=O)c2ccc(OC(F)(F)F)cc2)CS3)c1F. The van der Waals surface area contributed by atoms with Gasteiger partial charge < -0.3 is 9.47 Å². The highest BCUT2D eigenvalue weighted by Gasteiger charge is 2.36. The van der Waals surface area contributed by atoms with E-state index in [4.69, 9.17) is 4.74 Å². The van der Waals surface area contributed by atoms with Crippen molar-refractivity contribution in [3.8, 4) is 22.6 Å². The van der Waals surface area contributed by atoms with Gasteiger partial charge in [0.2, 0.25) is 0 Å². The lowest BCUT2D eigenvalue weighted by Gasteiger charge is -2.21. The number of nitrogens with zero attached hydrogens (tertiary/aromatic N) is 1. The number of halogens is 6. The molecule has 0 N–H and O–H groups in total. The Bertz CT molecular complexity index is 1730. The zero-order chi connectivity index (χ0) is 30.3. The standard InChI is InChI=1S/C30H21F6NO4S/c1-15-19(13-20-21(31)6-4-7-22(20)32)29-37(28(39)25(15)18-5-3-8-24(40-2)26(18)33)23(14-42-29)27(38)16-9-11-17(12-10-16)41-30(34,35)36/h3-12,23H,13-14H2,1-2H3. The third kappa shape index (κ3) is 5.38. The third-order valence-corrected chi connectivity index (χ3v) is 8.17. The van der Waals surface area contributed by atoms with E-state index in [1.54, 1.807) is 6.92 Å². The lowest BCUT2D eigenvalue weighted by atomic mass is 9.93. The van der Waals surface area contributed by atoms with Crippen molar-refractivity contribution < 1.29 is 40.6 Å². The highest BCUT2D eigenvalue weighted by atomic mass is 32.2. The van der Waals surface area contributed by atoms with E-state index in [0.29, 0.717) is 5.56 Å². The zero-order valence-corrected chi connectivity index (χ0v) is 22.8. The van der Waals surface area contributed by atoms with E-state index in [0.717, 1.165) is 48.2 Å². The number of rotatable bonds is 7. The van der Waals surface area contributed by atoms with Crippen LogP contribution in [0.4, 0.5) is 26.3 Å². The van der Waals surface area contributed by atoms with Gasteiger partial charge in [-0.3, -0.25) is 14.2 Å². The molecule has 1 aliphatic rings. The zero-order valence-electron chi connectivity index (χ0n) is 22.0. The van der Waals surface area contributed by atoms with E-state index in [-0.39, 0.29) is 50.8 Å². The van der Waals surface area contributed by atoms with Gasteiger partial charge in [0, 0.05) is 28.9 Å². The van der Waals surface area contributed by atoms with Crippen LogP contribution in [-0.4, -0.2) is 29.6 Å². The number of hydrogen-bond acceptors (Lipinski definition) is 5. The van der Waals surface area contributed by atoms with E-state index in [1.165, 1.54) is 35.9 Å². The summed E-state index contributed by atoms with van der Waals surface area (Å²) in [6.45, 7) is 1.54. The van der Waals surface area contributed by atoms with Crippen LogP contribution in [0, 0.1) is 24.4 Å². The normalized spacial score (nSPS) is 14.5. The van der Waals surface area contributed by atoms with Crippen molar-refractivity contribution in [2.24, 2.45) is 0 Å². The van der Waals surface area contributed by atoms with Gasteiger partial charge in [0.05, 0.1) is 17.7 Å². The van der Waals surface area contributed by atoms with Crippen LogP contribution in [0.2, 0.25) is 0 Å². The van der Waals surface area contributed by atoms with E-state index < -0.39 is 46.9 Å². The van der Waals surface area contributed by atoms with Crippen molar-refractivity contribution in [1.82, 2.24) is 4.57 Å². The number of carbonyl (C=O) groups excluding carboxylic acids is 1. The second kappa shape index (κ2) is 11.2. The van der Waals surface area contributed by atoms with Crippen molar-refractivity contribution in [2.75, 3.05) is 12.9 Å². The fraction of sp³-hybridized carbons (Fsp3) is 0.200. The number of alkyl halides is 3. The molecule has 1 aromatic heterocycles. The second-order valence-electron chi connectivity index (χ2n) is 9.42. The van der Waals surface area contributed by atoms with Gasteiger partial charge in [0.25, 0.3) is 5.56 Å². The molecule has 0 radical (unpaired) electrons. The number of carbonyl (C=O) groups is 1. The molecule has 2 heterocycles. The molecule has 12 heteroatoms. The van der Waals surface area contributed by atoms with Gasteiger partial charge in [-0.2, -0.15) is 0 Å². The minimum Gasteiger partial charge on any atom is -0.494 e. The van der Waals surface area contributed by atoms with Gasteiger partial charge in [0.15, 0.2) is 17.3 Å². The first-order chi connectivity index (χ1) is 19.9. The van der Waals surface area contributed by atoms with Crippen molar-refractivity contribution in [2.45, 2.75) is 30.8 Å². The van der Waals surface area contributed by atoms with Crippen LogP contribution in [0.15, 0.2) is 70.5 Å². The van der Waals surface area contributed by atoms with Gasteiger partial charge in [-0.1, -0.05) is 18.2 Å². The predicted molar refractivity (Wildman–Crippen MR) is 144 cm³/mol. The number of benzene rings is 3. The van der Waals surface area contributed by atoms with E-state index in [9.17, 15) is 31.5 Å². The molecular formula is C30H21F6NO4S. The summed E-state index contributed by atoms with van der Waals surface area (Å²) in [5.41, 5.74) is -0.621. The average Bonchev–Trinajstić information content (AvgIpc) is 3.38. The Hall–Kier alpha value is -4.19. The summed E-state index contributed by atoms with van der Waals surface area (Å²) < 4.78 is 92.7. The van der Waals surface area contributed by atoms with Gasteiger partial charge in [-0.15, -0.1) is 24.9 Å². The summed E-state index contributed by atoms with van der Waals surface area (Å²) in [6.07, 6.45) is -5.21. The molecule has 0 fully saturated rings. The molecule has 1 unspecified atom stereocenters. The van der Waals surface area contributed by atoms with Crippen LogP contribution in [0.25, 0.3) is 11.1 Å². The van der Waals surface area contributed by atoms with Gasteiger partial charge in [0.1, 0.15) is 23.4 Å². The molecule has 0 amide bonds. The van der Waals surface area contributed by atoms with Gasteiger partial charge in [-0.25, -0.2) is 13.2 Å². The number of ketones is 1. The van der Waals surface area contributed by atoms with E-state index in [2.05, 4.69) is 4.74 Å². The monoisotopic (exact) mass is 605 g/mol. The maximum absolute atomic E-state index is 15.5. The number of methoxy groups -OCH3 is 1. The average molecular weight is 606 g/mol. The summed E-state index contributed by atoms with van der Waals surface area (Å²) in [5.74, 6) is -3.68. The van der Waals surface area contributed by atoms with E-state index in [1.807, 2.05) is 0 Å². The first-order valence-corrected chi connectivity index (χ1v) is 13.5. The van der Waals surface area contributed by atoms with Crippen molar-refractivity contribution in [1.29, 1.82) is 0 Å². The Labute approximate surface area is 239 Å². The fourth-order valence-electron chi connectivity index (χ4n) is 4.97.